The van der Waals surface area contributed by atoms with Gasteiger partial charge in [0.25, 0.3) is 15.9 Å². The number of rotatable bonds is 5. The monoisotopic (exact) mass is 443 g/mol. The molecule has 1 aliphatic heterocycles. The maximum absolute atomic E-state index is 12.6. The molecule has 2 aromatic carbocycles. The summed E-state index contributed by atoms with van der Waals surface area (Å²) in [5.74, 6) is 0.217. The van der Waals surface area contributed by atoms with E-state index in [9.17, 15) is 13.2 Å². The van der Waals surface area contributed by atoms with Gasteiger partial charge in [-0.05, 0) is 36.4 Å². The van der Waals surface area contributed by atoms with E-state index < -0.39 is 21.0 Å². The Morgan fingerprint density at radius 1 is 1.03 bits per heavy atom. The molecule has 0 fully saturated rings. The second-order valence-corrected chi connectivity index (χ2v) is 8.88. The number of nitrogens with zero attached hydrogens (tertiary/aromatic N) is 1. The maximum atomic E-state index is 12.6. The average molecular weight is 443 g/mol. The minimum absolute atomic E-state index is 0.0802. The van der Waals surface area contributed by atoms with Gasteiger partial charge in [0, 0.05) is 6.07 Å². The third-order valence-electron chi connectivity index (χ3n) is 4.21. The fourth-order valence-corrected chi connectivity index (χ4v) is 4.68. The smallest absolute Gasteiger partial charge is 0.295 e. The Kier molecular flexibility index (Phi) is 4.33. The zero-order chi connectivity index (χ0) is 20.7. The molecule has 9 nitrogen and oxygen atoms in total. The Hall–Kier alpha value is -3.57. The molecule has 2 aromatic heterocycles. The van der Waals surface area contributed by atoms with E-state index in [-0.39, 0.29) is 18.2 Å². The number of sulfonamides is 1. The van der Waals surface area contributed by atoms with Gasteiger partial charge in [-0.3, -0.25) is 14.8 Å². The van der Waals surface area contributed by atoms with Crippen LogP contribution in [0, 0.1) is 0 Å². The quantitative estimate of drug-likeness (QED) is 0.483. The van der Waals surface area contributed by atoms with Crippen molar-refractivity contribution in [1.82, 2.24) is 4.98 Å². The van der Waals surface area contributed by atoms with Crippen molar-refractivity contribution in [3.05, 3.63) is 60.4 Å². The summed E-state index contributed by atoms with van der Waals surface area (Å²) in [5.41, 5.74) is 1.03. The predicted molar refractivity (Wildman–Crippen MR) is 110 cm³/mol. The zero-order valence-corrected chi connectivity index (χ0v) is 16.7. The van der Waals surface area contributed by atoms with Crippen LogP contribution in [0.2, 0.25) is 0 Å². The standard InChI is InChI=1S/C19H13N3O6S2/c23-18(21-19-20-12-3-1-2-4-16(12)29-19)14-7-8-17(28-14)30(24,25)22-11-5-6-13-15(9-11)27-10-26-13/h1-9,22H,10H2,(H,20,21,23). The molecule has 2 N–H and O–H groups in total. The molecular weight excluding hydrogens is 430 g/mol. The van der Waals surface area contributed by atoms with Crippen LogP contribution >= 0.6 is 11.3 Å². The van der Waals surface area contributed by atoms with Crippen molar-refractivity contribution >= 4 is 48.3 Å². The highest BCUT2D eigenvalue weighted by Gasteiger charge is 2.23. The molecule has 0 saturated carbocycles. The number of nitrogens with one attached hydrogen (secondary N) is 2. The molecule has 0 unspecified atom stereocenters. The topological polar surface area (TPSA) is 120 Å². The fraction of sp³-hybridized carbons (Fsp3) is 0.0526. The summed E-state index contributed by atoms with van der Waals surface area (Å²) in [5, 5.41) is 2.61. The minimum Gasteiger partial charge on any atom is -0.454 e. The molecule has 30 heavy (non-hydrogen) atoms. The number of aromatic nitrogens is 1. The third-order valence-corrected chi connectivity index (χ3v) is 6.41. The summed E-state index contributed by atoms with van der Waals surface area (Å²) >= 11 is 1.31. The SMILES string of the molecule is O=C(Nc1nc2ccccc2s1)c1ccc(S(=O)(=O)Nc2ccc3c(c2)OCO3)o1. The van der Waals surface area contributed by atoms with E-state index in [1.54, 1.807) is 6.07 Å². The van der Waals surface area contributed by atoms with E-state index in [4.69, 9.17) is 13.9 Å². The number of carbonyl (C=O) groups is 1. The number of benzene rings is 2. The lowest BCUT2D eigenvalue weighted by molar-refractivity contribution is 0.0991. The maximum Gasteiger partial charge on any atom is 0.295 e. The minimum atomic E-state index is -4.04. The first-order chi connectivity index (χ1) is 14.5. The van der Waals surface area contributed by atoms with Crippen molar-refractivity contribution in [2.45, 2.75) is 5.09 Å². The number of amides is 1. The van der Waals surface area contributed by atoms with Gasteiger partial charge in [-0.25, -0.2) is 4.98 Å². The van der Waals surface area contributed by atoms with Crippen LogP contribution in [0.25, 0.3) is 10.2 Å². The van der Waals surface area contributed by atoms with Crippen molar-refractivity contribution in [1.29, 1.82) is 0 Å². The van der Waals surface area contributed by atoms with Crippen molar-refractivity contribution in [3.8, 4) is 11.5 Å². The van der Waals surface area contributed by atoms with Gasteiger partial charge in [0.1, 0.15) is 0 Å². The number of thiazole rings is 1. The summed E-state index contributed by atoms with van der Waals surface area (Å²) in [4.78, 5) is 16.7. The first-order valence-corrected chi connectivity index (χ1v) is 11.0. The largest absolute Gasteiger partial charge is 0.454 e. The second-order valence-electron chi connectivity index (χ2n) is 6.23. The molecule has 1 aliphatic rings. The summed E-state index contributed by atoms with van der Waals surface area (Å²) < 4.78 is 44.2. The number of fused-ring (bicyclic) bond motifs is 2. The van der Waals surface area contributed by atoms with E-state index in [0.717, 1.165) is 10.2 Å². The molecule has 0 bridgehead atoms. The van der Waals surface area contributed by atoms with Crippen LogP contribution in [-0.2, 0) is 10.0 Å². The lowest BCUT2D eigenvalue weighted by Gasteiger charge is -2.06. The van der Waals surface area contributed by atoms with Gasteiger partial charge < -0.3 is 13.9 Å². The Balaban J connectivity index is 1.33. The van der Waals surface area contributed by atoms with E-state index in [2.05, 4.69) is 15.0 Å². The highest BCUT2D eigenvalue weighted by Crippen LogP contribution is 2.35. The third kappa shape index (κ3) is 3.44. The summed E-state index contributed by atoms with van der Waals surface area (Å²) in [6, 6.07) is 14.6. The number of ether oxygens (including phenoxy) is 2. The first kappa shape index (κ1) is 18.5. The molecule has 4 aromatic rings. The van der Waals surface area contributed by atoms with E-state index in [0.29, 0.717) is 16.6 Å². The van der Waals surface area contributed by atoms with Gasteiger partial charge in [0.2, 0.25) is 11.9 Å². The number of hydrogen-bond donors (Lipinski definition) is 2. The van der Waals surface area contributed by atoms with Gasteiger partial charge in [0.15, 0.2) is 22.4 Å². The van der Waals surface area contributed by atoms with Crippen LogP contribution in [0.15, 0.2) is 64.1 Å². The number of hydrogen-bond acceptors (Lipinski definition) is 8. The molecule has 1 amide bonds. The van der Waals surface area contributed by atoms with Crippen molar-refractivity contribution in [2.24, 2.45) is 0 Å². The number of anilines is 2. The van der Waals surface area contributed by atoms with Gasteiger partial charge in [-0.2, -0.15) is 8.42 Å². The molecule has 3 heterocycles. The predicted octanol–water partition coefficient (Wildman–Crippen LogP) is 3.67. The highest BCUT2D eigenvalue weighted by atomic mass is 32.2. The lowest BCUT2D eigenvalue weighted by Crippen LogP contribution is -2.13. The van der Waals surface area contributed by atoms with Crippen LogP contribution in [0.4, 0.5) is 10.8 Å². The molecule has 0 radical (unpaired) electrons. The molecule has 0 atom stereocenters. The number of furan rings is 1. The summed E-state index contributed by atoms with van der Waals surface area (Å²) in [6.45, 7) is 0.0802. The normalized spacial score (nSPS) is 12.8. The Morgan fingerprint density at radius 2 is 1.87 bits per heavy atom. The van der Waals surface area contributed by atoms with Crippen LogP contribution in [0.3, 0.4) is 0 Å². The van der Waals surface area contributed by atoms with Crippen molar-refractivity contribution < 1.29 is 27.1 Å². The van der Waals surface area contributed by atoms with Crippen molar-refractivity contribution in [2.75, 3.05) is 16.8 Å². The van der Waals surface area contributed by atoms with Gasteiger partial charge in [-0.15, -0.1) is 0 Å². The molecule has 0 aliphatic carbocycles. The van der Waals surface area contributed by atoms with Crippen LogP contribution in [0.1, 0.15) is 10.6 Å². The second kappa shape index (κ2) is 7.04. The molecular formula is C19H13N3O6S2. The summed E-state index contributed by atoms with van der Waals surface area (Å²) in [7, 11) is -4.04. The average Bonchev–Trinajstić information content (AvgIpc) is 3.45. The Morgan fingerprint density at radius 3 is 2.73 bits per heavy atom. The molecule has 5 rings (SSSR count). The van der Waals surface area contributed by atoms with Crippen LogP contribution < -0.4 is 19.5 Å². The van der Waals surface area contributed by atoms with E-state index >= 15 is 0 Å². The number of para-hydroxylation sites is 1. The Labute approximate surface area is 174 Å². The van der Waals surface area contributed by atoms with Crippen LogP contribution in [-0.4, -0.2) is 26.1 Å². The van der Waals surface area contributed by atoms with Gasteiger partial charge in [0.05, 0.1) is 15.9 Å². The van der Waals surface area contributed by atoms with Gasteiger partial charge in [-0.1, -0.05) is 23.5 Å². The highest BCUT2D eigenvalue weighted by molar-refractivity contribution is 7.92. The number of carbonyl (C=O) groups excluding carboxylic acids is 1. The zero-order valence-electron chi connectivity index (χ0n) is 15.1. The van der Waals surface area contributed by atoms with E-state index in [1.165, 1.54) is 35.6 Å². The summed E-state index contributed by atoms with van der Waals surface area (Å²) in [6.07, 6.45) is 0. The van der Waals surface area contributed by atoms with Gasteiger partial charge >= 0.3 is 0 Å². The molecule has 152 valence electrons. The molecule has 11 heteroatoms. The molecule has 0 spiro atoms. The molecule has 0 saturated heterocycles. The van der Waals surface area contributed by atoms with Crippen LogP contribution in [0.5, 0.6) is 11.5 Å². The first-order valence-electron chi connectivity index (χ1n) is 8.67. The van der Waals surface area contributed by atoms with Crippen molar-refractivity contribution in [3.63, 3.8) is 0 Å². The fourth-order valence-electron chi connectivity index (χ4n) is 2.84. The lowest BCUT2D eigenvalue weighted by atomic mass is 10.3. The van der Waals surface area contributed by atoms with E-state index in [1.807, 2.05) is 24.3 Å². The Bertz CT molecular complexity index is 1340.